The fourth-order valence-corrected chi connectivity index (χ4v) is 4.29. The summed E-state index contributed by atoms with van der Waals surface area (Å²) in [5.41, 5.74) is 7.52. The van der Waals surface area contributed by atoms with Crippen LogP contribution in [0.4, 0.5) is 0 Å². The van der Waals surface area contributed by atoms with Gasteiger partial charge in [-0.2, -0.15) is 0 Å². The van der Waals surface area contributed by atoms with Crippen LogP contribution in [-0.2, 0) is 6.54 Å². The molecule has 0 spiro atoms. The molecule has 0 amide bonds. The smallest absolute Gasteiger partial charge is 0.423 e. The molecule has 1 unspecified atom stereocenters. The van der Waals surface area contributed by atoms with E-state index >= 15 is 0 Å². The molecule has 3 aromatic rings. The van der Waals surface area contributed by atoms with Gasteiger partial charge in [0.05, 0.1) is 24.0 Å². The molecule has 160 valence electrons. The van der Waals surface area contributed by atoms with Crippen molar-refractivity contribution >= 4 is 23.7 Å². The molecular weight excluding hydrogens is 403 g/mol. The lowest BCUT2D eigenvalue weighted by Crippen LogP contribution is -2.32. The van der Waals surface area contributed by atoms with Crippen LogP contribution >= 0.6 is 0 Å². The minimum atomic E-state index is -1.48. The van der Waals surface area contributed by atoms with Crippen molar-refractivity contribution in [3.05, 3.63) is 101 Å². The first kappa shape index (κ1) is 20.3. The molecule has 2 aliphatic heterocycles. The molecule has 0 bridgehead atoms. The van der Waals surface area contributed by atoms with E-state index in [1.54, 1.807) is 18.3 Å². The topological polar surface area (TPSA) is 94.7 Å². The van der Waals surface area contributed by atoms with Gasteiger partial charge in [0, 0.05) is 41.0 Å². The first-order valence-electron chi connectivity index (χ1n) is 10.5. The van der Waals surface area contributed by atoms with Gasteiger partial charge in [0.1, 0.15) is 5.76 Å². The normalized spacial score (nSPS) is 17.3. The fraction of sp³-hybridized carbons (Fsp3) is 0.167. The Morgan fingerprint density at radius 1 is 1.12 bits per heavy atom. The molecule has 0 aliphatic carbocycles. The van der Waals surface area contributed by atoms with Crippen LogP contribution in [0.1, 0.15) is 28.3 Å². The summed E-state index contributed by atoms with van der Waals surface area (Å²) in [6.07, 6.45) is 8.11. The Bertz CT molecular complexity index is 1210. The molecule has 3 N–H and O–H groups in total. The van der Waals surface area contributed by atoms with Gasteiger partial charge < -0.3 is 24.8 Å². The molecule has 2 aliphatic rings. The number of nitrogens with one attached hydrogen (secondary N) is 1. The van der Waals surface area contributed by atoms with Crippen molar-refractivity contribution in [2.45, 2.75) is 26.4 Å². The number of allylic oxidation sites excluding steroid dienone is 2. The number of hydrogen-bond donors (Lipinski definition) is 3. The Balaban J connectivity index is 1.53. The second-order valence-corrected chi connectivity index (χ2v) is 8.00. The number of dihydropyridines is 1. The van der Waals surface area contributed by atoms with Gasteiger partial charge >= 0.3 is 7.12 Å². The van der Waals surface area contributed by atoms with Gasteiger partial charge in [-0.25, -0.2) is 0 Å². The number of pyridine rings is 1. The van der Waals surface area contributed by atoms with Gasteiger partial charge in [-0.05, 0) is 43.1 Å². The van der Waals surface area contributed by atoms with E-state index in [1.165, 1.54) is 0 Å². The Morgan fingerprint density at radius 3 is 2.59 bits per heavy atom. The molecule has 32 heavy (non-hydrogen) atoms. The van der Waals surface area contributed by atoms with Crippen LogP contribution in [0.15, 0.2) is 77.4 Å². The van der Waals surface area contributed by atoms with Gasteiger partial charge in [-0.3, -0.25) is 4.98 Å². The van der Waals surface area contributed by atoms with Crippen LogP contribution < -0.4 is 10.8 Å². The number of nitrogens with zero attached hydrogens (tertiary/aromatic N) is 3. The van der Waals surface area contributed by atoms with Gasteiger partial charge in [0.15, 0.2) is 0 Å². The average molecular weight is 426 g/mol. The van der Waals surface area contributed by atoms with E-state index in [9.17, 15) is 10.0 Å². The van der Waals surface area contributed by atoms with E-state index in [1.807, 2.05) is 50.4 Å². The van der Waals surface area contributed by atoms with Crippen LogP contribution in [0, 0.1) is 13.8 Å². The highest BCUT2D eigenvalue weighted by atomic mass is 16.5. The van der Waals surface area contributed by atoms with Gasteiger partial charge in [0.25, 0.3) is 0 Å². The Hall–Kier alpha value is -3.62. The fourth-order valence-electron chi connectivity index (χ4n) is 4.29. The monoisotopic (exact) mass is 426 g/mol. The summed E-state index contributed by atoms with van der Waals surface area (Å²) in [4.78, 5) is 6.70. The molecule has 7 nitrogen and oxygen atoms in total. The molecule has 1 aromatic carbocycles. The predicted octanol–water partition coefficient (Wildman–Crippen LogP) is 2.12. The number of aryl methyl sites for hydroxylation is 2. The zero-order valence-electron chi connectivity index (χ0n) is 17.9. The number of rotatable bonds is 5. The third-order valence-electron chi connectivity index (χ3n) is 5.86. The zero-order chi connectivity index (χ0) is 22.2. The largest absolute Gasteiger partial charge is 0.488 e. The third kappa shape index (κ3) is 3.64. The minimum Gasteiger partial charge on any atom is -0.423 e. The van der Waals surface area contributed by atoms with Crippen molar-refractivity contribution in [1.29, 1.82) is 0 Å². The van der Waals surface area contributed by atoms with E-state index in [4.69, 9.17) is 4.52 Å². The maximum atomic E-state index is 9.42. The quantitative estimate of drug-likeness (QED) is 0.538. The van der Waals surface area contributed by atoms with Crippen LogP contribution in [0.5, 0.6) is 0 Å². The lowest BCUT2D eigenvalue weighted by atomic mass is 9.79. The van der Waals surface area contributed by atoms with Gasteiger partial charge in [0.2, 0.25) is 0 Å². The number of hydrogen-bond acceptors (Lipinski definition) is 7. The van der Waals surface area contributed by atoms with Crippen LogP contribution in [0.25, 0.3) is 11.1 Å². The van der Waals surface area contributed by atoms with Crippen molar-refractivity contribution in [2.75, 3.05) is 0 Å². The molecule has 1 atom stereocenters. The van der Waals surface area contributed by atoms with Gasteiger partial charge in [-0.1, -0.05) is 35.5 Å². The molecule has 0 fully saturated rings. The highest BCUT2D eigenvalue weighted by molar-refractivity contribution is 6.58. The molecule has 5 rings (SSSR count). The molecule has 0 saturated heterocycles. The second kappa shape index (κ2) is 8.14. The van der Waals surface area contributed by atoms with Crippen LogP contribution in [-0.4, -0.2) is 38.2 Å². The highest BCUT2D eigenvalue weighted by Gasteiger charge is 2.33. The van der Waals surface area contributed by atoms with Crippen LogP contribution in [0.2, 0.25) is 0 Å². The first-order valence-corrected chi connectivity index (χ1v) is 10.5. The van der Waals surface area contributed by atoms with Crippen molar-refractivity contribution in [3.8, 4) is 0 Å². The Kier molecular flexibility index (Phi) is 5.17. The second-order valence-electron chi connectivity index (χ2n) is 8.00. The summed E-state index contributed by atoms with van der Waals surface area (Å²) in [5.74, 6) is 0.784. The maximum absolute atomic E-state index is 9.42. The third-order valence-corrected chi connectivity index (χ3v) is 5.86. The Morgan fingerprint density at radius 2 is 1.94 bits per heavy atom. The summed E-state index contributed by atoms with van der Waals surface area (Å²) in [5, 5.41) is 26.5. The maximum Gasteiger partial charge on any atom is 0.488 e. The van der Waals surface area contributed by atoms with Crippen molar-refractivity contribution in [1.82, 2.24) is 20.4 Å². The first-order chi connectivity index (χ1) is 15.5. The summed E-state index contributed by atoms with van der Waals surface area (Å²) < 4.78 is 5.38. The Labute approximate surface area is 186 Å². The molecular formula is C24H23BN4O3. The lowest BCUT2D eigenvalue weighted by molar-refractivity contribution is 0.393. The number of fused-ring (bicyclic) bond motifs is 1. The summed E-state index contributed by atoms with van der Waals surface area (Å²) >= 11 is 0. The lowest BCUT2D eigenvalue weighted by Gasteiger charge is -2.27. The molecule has 8 heteroatoms. The van der Waals surface area contributed by atoms with Crippen LogP contribution in [0.3, 0.4) is 0 Å². The standard InChI is InChI=1S/C24H23BN4O3/c1-15-23(16(2)32-28-15)18-11-22-24(27-12-18)21(17-6-8-19(9-7-17)25(30)31)14-29(22)13-20-5-3-4-10-26-20/h3-12,14,24,27,30-31H,13H2,1-2H3. The van der Waals surface area contributed by atoms with E-state index in [0.717, 1.165) is 45.1 Å². The summed E-state index contributed by atoms with van der Waals surface area (Å²) in [7, 11) is -1.48. The number of aromatic nitrogens is 2. The van der Waals surface area contributed by atoms with E-state index in [0.29, 0.717) is 12.0 Å². The molecule has 2 aromatic heterocycles. The zero-order valence-corrected chi connectivity index (χ0v) is 17.9. The van der Waals surface area contributed by atoms with Crippen molar-refractivity contribution in [3.63, 3.8) is 0 Å². The van der Waals surface area contributed by atoms with Crippen molar-refractivity contribution < 1.29 is 14.6 Å². The molecule has 0 saturated carbocycles. The molecule has 4 heterocycles. The van der Waals surface area contributed by atoms with Crippen molar-refractivity contribution in [2.24, 2.45) is 0 Å². The van der Waals surface area contributed by atoms with E-state index in [-0.39, 0.29) is 6.04 Å². The average Bonchev–Trinajstić information content (AvgIpc) is 3.33. The van der Waals surface area contributed by atoms with E-state index in [2.05, 4.69) is 32.6 Å². The number of benzene rings is 1. The molecule has 0 radical (unpaired) electrons. The highest BCUT2D eigenvalue weighted by Crippen LogP contribution is 2.38. The summed E-state index contributed by atoms with van der Waals surface area (Å²) in [6.45, 7) is 4.50. The predicted molar refractivity (Wildman–Crippen MR) is 123 cm³/mol. The van der Waals surface area contributed by atoms with Gasteiger partial charge in [-0.15, -0.1) is 0 Å². The van der Waals surface area contributed by atoms with E-state index < -0.39 is 7.12 Å². The summed E-state index contributed by atoms with van der Waals surface area (Å²) in [6, 6.07) is 13.2. The minimum absolute atomic E-state index is 0.0344. The SMILES string of the molecule is Cc1noc(C)c1C1=CNC2C(c3ccc(B(O)O)cc3)=CN(Cc3ccccn3)C2=C1.